The zero-order chi connectivity index (χ0) is 17.9. The van der Waals surface area contributed by atoms with E-state index in [-0.39, 0.29) is 24.5 Å². The first kappa shape index (κ1) is 18.4. The lowest BCUT2D eigenvalue weighted by molar-refractivity contribution is -0.122. The van der Waals surface area contributed by atoms with Crippen LogP contribution in [0, 0.1) is 0 Å². The summed E-state index contributed by atoms with van der Waals surface area (Å²) in [5, 5.41) is 3.07. The van der Waals surface area contributed by atoms with E-state index in [9.17, 15) is 13.2 Å². The lowest BCUT2D eigenvalue weighted by atomic mass is 9.88. The summed E-state index contributed by atoms with van der Waals surface area (Å²) < 4.78 is 25.8. The summed E-state index contributed by atoms with van der Waals surface area (Å²) in [5.74, 6) is -0.197. The van der Waals surface area contributed by atoms with Gasteiger partial charge in [-0.1, -0.05) is 43.5 Å². The number of carbonyl (C=O) groups excluding carboxylic acids is 1. The van der Waals surface area contributed by atoms with Crippen LogP contribution in [0.2, 0.25) is 0 Å². The van der Waals surface area contributed by atoms with Crippen LogP contribution in [0.25, 0.3) is 0 Å². The zero-order valence-electron chi connectivity index (χ0n) is 14.9. The Morgan fingerprint density at radius 3 is 2.56 bits per heavy atom. The molecule has 138 valence electrons. The minimum atomic E-state index is -3.39. The molecule has 1 aromatic rings. The van der Waals surface area contributed by atoms with E-state index < -0.39 is 10.0 Å². The van der Waals surface area contributed by atoms with E-state index in [0.717, 1.165) is 51.4 Å². The molecule has 1 atom stereocenters. The molecular weight excluding hydrogens is 336 g/mol. The van der Waals surface area contributed by atoms with Crippen LogP contribution in [0.3, 0.4) is 0 Å². The molecule has 0 spiro atoms. The van der Waals surface area contributed by atoms with Gasteiger partial charge in [0.25, 0.3) is 0 Å². The Morgan fingerprint density at radius 1 is 1.12 bits per heavy atom. The Hall–Kier alpha value is -1.40. The number of hydrogen-bond acceptors (Lipinski definition) is 3. The Balaban J connectivity index is 1.68. The fourth-order valence-corrected chi connectivity index (χ4v) is 5.28. The summed E-state index contributed by atoms with van der Waals surface area (Å²) in [5.41, 5.74) is 2.46. The number of carbonyl (C=O) groups is 1. The summed E-state index contributed by atoms with van der Waals surface area (Å²) in [6, 6.07) is 8.15. The lowest BCUT2D eigenvalue weighted by Gasteiger charge is -2.33. The van der Waals surface area contributed by atoms with Gasteiger partial charge in [-0.2, -0.15) is 4.31 Å². The number of amides is 1. The standard InChI is InChI=1S/C19H28N2O3S/c1-25(23,24)21(16-10-3-2-4-11-16)14-19(22)20-18-13-7-9-15-8-5-6-12-17(15)18/h5-6,8,12,16,18H,2-4,7,9-11,13-14H2,1H3,(H,20,22). The van der Waals surface area contributed by atoms with Crippen molar-refractivity contribution >= 4 is 15.9 Å². The van der Waals surface area contributed by atoms with Gasteiger partial charge in [-0.15, -0.1) is 0 Å². The molecule has 0 aromatic heterocycles. The topological polar surface area (TPSA) is 66.5 Å². The van der Waals surface area contributed by atoms with Crippen LogP contribution in [0.4, 0.5) is 0 Å². The quantitative estimate of drug-likeness (QED) is 0.874. The molecule has 0 saturated heterocycles. The van der Waals surface area contributed by atoms with Crippen molar-refractivity contribution < 1.29 is 13.2 Å². The van der Waals surface area contributed by atoms with Crippen molar-refractivity contribution in [3.05, 3.63) is 35.4 Å². The monoisotopic (exact) mass is 364 g/mol. The van der Waals surface area contributed by atoms with Gasteiger partial charge in [0.2, 0.25) is 15.9 Å². The second-order valence-electron chi connectivity index (χ2n) is 7.31. The molecule has 3 rings (SSSR count). The second kappa shape index (κ2) is 7.87. The number of sulfonamides is 1. The number of nitrogens with one attached hydrogen (secondary N) is 1. The van der Waals surface area contributed by atoms with E-state index in [1.165, 1.54) is 21.7 Å². The number of nitrogens with zero attached hydrogens (tertiary/aromatic N) is 1. The maximum atomic E-state index is 12.6. The largest absolute Gasteiger partial charge is 0.348 e. The number of benzene rings is 1. The van der Waals surface area contributed by atoms with Crippen molar-refractivity contribution in [2.75, 3.05) is 12.8 Å². The van der Waals surface area contributed by atoms with Crippen molar-refractivity contribution in [2.24, 2.45) is 0 Å². The van der Waals surface area contributed by atoms with Crippen molar-refractivity contribution in [3.63, 3.8) is 0 Å². The highest BCUT2D eigenvalue weighted by atomic mass is 32.2. The van der Waals surface area contributed by atoms with Crippen LogP contribution in [-0.2, 0) is 21.2 Å². The Labute approximate surface area is 150 Å². The molecule has 1 N–H and O–H groups in total. The molecule has 0 aliphatic heterocycles. The first-order valence-electron chi connectivity index (χ1n) is 9.29. The van der Waals surface area contributed by atoms with Crippen molar-refractivity contribution in [1.82, 2.24) is 9.62 Å². The SMILES string of the molecule is CS(=O)(=O)N(CC(=O)NC1CCCc2ccccc21)C1CCCCC1. The van der Waals surface area contributed by atoms with Gasteiger partial charge in [0.05, 0.1) is 18.8 Å². The van der Waals surface area contributed by atoms with E-state index in [0.29, 0.717) is 0 Å². The van der Waals surface area contributed by atoms with Gasteiger partial charge >= 0.3 is 0 Å². The van der Waals surface area contributed by atoms with E-state index >= 15 is 0 Å². The van der Waals surface area contributed by atoms with Gasteiger partial charge in [-0.3, -0.25) is 4.79 Å². The van der Waals surface area contributed by atoms with Crippen molar-refractivity contribution in [3.8, 4) is 0 Å². The van der Waals surface area contributed by atoms with E-state index in [1.807, 2.05) is 12.1 Å². The highest BCUT2D eigenvalue weighted by Crippen LogP contribution is 2.29. The van der Waals surface area contributed by atoms with E-state index in [1.54, 1.807) is 0 Å². The third-order valence-electron chi connectivity index (χ3n) is 5.41. The predicted molar refractivity (Wildman–Crippen MR) is 98.7 cm³/mol. The summed E-state index contributed by atoms with van der Waals surface area (Å²) in [6.07, 6.45) is 9.14. The van der Waals surface area contributed by atoms with Crippen molar-refractivity contribution in [1.29, 1.82) is 0 Å². The summed E-state index contributed by atoms with van der Waals surface area (Å²) in [4.78, 5) is 12.6. The molecule has 2 aliphatic rings. The molecule has 0 bridgehead atoms. The predicted octanol–water partition coefficient (Wildman–Crippen LogP) is 2.77. The molecule has 0 heterocycles. The Bertz CT molecular complexity index is 711. The summed E-state index contributed by atoms with van der Waals surface area (Å²) in [6.45, 7) is -0.0673. The van der Waals surface area contributed by atoms with Crippen LogP contribution in [0.15, 0.2) is 24.3 Å². The zero-order valence-corrected chi connectivity index (χ0v) is 15.7. The normalized spacial score (nSPS) is 21.8. The summed E-state index contributed by atoms with van der Waals surface area (Å²) in [7, 11) is -3.39. The van der Waals surface area contributed by atoms with Crippen LogP contribution in [-0.4, -0.2) is 37.5 Å². The molecule has 0 radical (unpaired) electrons. The van der Waals surface area contributed by atoms with Crippen LogP contribution in [0.5, 0.6) is 0 Å². The van der Waals surface area contributed by atoms with Crippen LogP contribution < -0.4 is 5.32 Å². The molecule has 2 aliphatic carbocycles. The number of hydrogen-bond donors (Lipinski definition) is 1. The maximum Gasteiger partial charge on any atom is 0.235 e. The average Bonchev–Trinajstić information content (AvgIpc) is 2.60. The van der Waals surface area contributed by atoms with Gasteiger partial charge in [-0.05, 0) is 43.2 Å². The average molecular weight is 365 g/mol. The lowest BCUT2D eigenvalue weighted by Crippen LogP contribution is -2.47. The van der Waals surface area contributed by atoms with Gasteiger partial charge in [-0.25, -0.2) is 8.42 Å². The fraction of sp³-hybridized carbons (Fsp3) is 0.632. The van der Waals surface area contributed by atoms with Gasteiger partial charge in [0, 0.05) is 6.04 Å². The number of aryl methyl sites for hydroxylation is 1. The highest BCUT2D eigenvalue weighted by Gasteiger charge is 2.31. The van der Waals surface area contributed by atoms with Gasteiger partial charge < -0.3 is 5.32 Å². The third-order valence-corrected chi connectivity index (χ3v) is 6.69. The molecule has 6 heteroatoms. The second-order valence-corrected chi connectivity index (χ2v) is 9.25. The molecule has 1 aromatic carbocycles. The van der Waals surface area contributed by atoms with Crippen LogP contribution >= 0.6 is 0 Å². The number of fused-ring (bicyclic) bond motifs is 1. The Morgan fingerprint density at radius 2 is 1.84 bits per heavy atom. The Kier molecular flexibility index (Phi) is 5.79. The fourth-order valence-electron chi connectivity index (χ4n) is 4.17. The van der Waals surface area contributed by atoms with Gasteiger partial charge in [0.15, 0.2) is 0 Å². The van der Waals surface area contributed by atoms with Crippen LogP contribution in [0.1, 0.15) is 62.1 Å². The minimum Gasteiger partial charge on any atom is -0.348 e. The van der Waals surface area contributed by atoms with E-state index in [4.69, 9.17) is 0 Å². The minimum absolute atomic E-state index is 0.00906. The third kappa shape index (κ3) is 4.61. The first-order chi connectivity index (χ1) is 11.9. The molecule has 5 nitrogen and oxygen atoms in total. The number of rotatable bonds is 5. The molecule has 1 saturated carbocycles. The molecule has 1 unspecified atom stereocenters. The molecule has 25 heavy (non-hydrogen) atoms. The molecular formula is C19H28N2O3S. The summed E-state index contributed by atoms with van der Waals surface area (Å²) >= 11 is 0. The smallest absolute Gasteiger partial charge is 0.235 e. The van der Waals surface area contributed by atoms with Gasteiger partial charge in [0.1, 0.15) is 0 Å². The molecule has 1 amide bonds. The first-order valence-corrected chi connectivity index (χ1v) is 11.1. The molecule has 1 fully saturated rings. The highest BCUT2D eigenvalue weighted by molar-refractivity contribution is 7.88. The van der Waals surface area contributed by atoms with Crippen molar-refractivity contribution in [2.45, 2.75) is 63.5 Å². The maximum absolute atomic E-state index is 12.6. The van der Waals surface area contributed by atoms with E-state index in [2.05, 4.69) is 17.4 Å².